The molecule has 0 amide bonds. The van der Waals surface area contributed by atoms with Crippen LogP contribution in [-0.4, -0.2) is 203 Å². The number of rotatable bonds is 45. The number of carbonyl (C=O) groups is 6. The van der Waals surface area contributed by atoms with E-state index in [4.69, 9.17) is 66.3 Å². The van der Waals surface area contributed by atoms with Crippen LogP contribution in [0.5, 0.6) is 11.5 Å². The summed E-state index contributed by atoms with van der Waals surface area (Å²) in [5.74, 6) is -3.25. The number of carbonyl (C=O) groups excluding carboxylic acids is 6. The Morgan fingerprint density at radius 1 is 0.526 bits per heavy atom. The fourth-order valence-electron chi connectivity index (χ4n) is 6.26. The lowest BCUT2D eigenvalue weighted by molar-refractivity contribution is -0.171. The number of benzene rings is 3. The molecule has 3 rings (SSSR count). The minimum atomic E-state index is -1.24. The van der Waals surface area contributed by atoms with Gasteiger partial charge in [-0.25, -0.2) is 19.2 Å². The topological polar surface area (TPSA) is 272 Å². The standard InChI is InChI=1S/C56H72O22/c1-5-11-41(7-3)55(63)43-14-18-46(19-15-43)73-39-53(61)77-49(35-72-48(29-57)32-70-30-45(58)31-75-51(59)37-69-28-26-67-24-23-65-4)33-71-34-50(36-76-52(60)38-68-27-25-66-22-6-2)78-54(62)40-74-47-20-16-44(17-21-47)56(64)42-12-9-8-10-13-42/h5,7-21,45,48-50,57-58H,1,3,6,22-40H2,2,4H3/b41-11+. The van der Waals surface area contributed by atoms with E-state index in [1.807, 2.05) is 6.92 Å². The van der Waals surface area contributed by atoms with Crippen molar-refractivity contribution < 1.29 is 105 Å². The molecule has 4 unspecified atom stereocenters. The molecule has 22 heteroatoms. The fraction of sp³-hybridized carbons (Fsp3) is 0.464. The van der Waals surface area contributed by atoms with Crippen LogP contribution in [0, 0.1) is 0 Å². The first-order chi connectivity index (χ1) is 37.9. The normalized spacial score (nSPS) is 12.8. The summed E-state index contributed by atoms with van der Waals surface area (Å²) < 4.78 is 75.9. The summed E-state index contributed by atoms with van der Waals surface area (Å²) in [6.45, 7) is 6.15. The summed E-state index contributed by atoms with van der Waals surface area (Å²) >= 11 is 0. The summed E-state index contributed by atoms with van der Waals surface area (Å²) in [7, 11) is 1.54. The van der Waals surface area contributed by atoms with E-state index in [-0.39, 0.29) is 75.9 Å². The molecule has 0 fully saturated rings. The van der Waals surface area contributed by atoms with Crippen molar-refractivity contribution in [3.63, 3.8) is 0 Å². The molecule has 0 radical (unpaired) electrons. The van der Waals surface area contributed by atoms with Gasteiger partial charge in [-0.3, -0.25) is 9.59 Å². The van der Waals surface area contributed by atoms with Crippen LogP contribution in [0.3, 0.4) is 0 Å². The summed E-state index contributed by atoms with van der Waals surface area (Å²) in [4.78, 5) is 76.6. The minimum absolute atomic E-state index is 0.132. The zero-order chi connectivity index (χ0) is 56.6. The highest BCUT2D eigenvalue weighted by molar-refractivity contribution is 6.10. The lowest BCUT2D eigenvalue weighted by Crippen LogP contribution is -2.37. The molecule has 78 heavy (non-hydrogen) atoms. The first-order valence-corrected chi connectivity index (χ1v) is 25.0. The highest BCUT2D eigenvalue weighted by Crippen LogP contribution is 2.18. The number of aliphatic hydroxyl groups excluding tert-OH is 2. The summed E-state index contributed by atoms with van der Waals surface area (Å²) in [6.07, 6.45) is 0.522. The predicted octanol–water partition coefficient (Wildman–Crippen LogP) is 3.66. The average molecular weight is 1100 g/mol. The molecule has 3 aromatic rings. The second kappa shape index (κ2) is 40.5. The number of aliphatic hydroxyl groups is 2. The van der Waals surface area contributed by atoms with Crippen LogP contribution in [0.2, 0.25) is 0 Å². The van der Waals surface area contributed by atoms with Crippen molar-refractivity contribution in [1.29, 1.82) is 0 Å². The van der Waals surface area contributed by atoms with E-state index in [9.17, 15) is 39.0 Å². The van der Waals surface area contributed by atoms with E-state index in [0.29, 0.717) is 42.1 Å². The Morgan fingerprint density at radius 2 is 1.03 bits per heavy atom. The Balaban J connectivity index is 1.64. The molecule has 0 aliphatic carbocycles. The van der Waals surface area contributed by atoms with Crippen LogP contribution in [0.25, 0.3) is 0 Å². The molecule has 0 heterocycles. The zero-order valence-electron chi connectivity index (χ0n) is 44.2. The number of hydrogen-bond acceptors (Lipinski definition) is 22. The second-order valence-electron chi connectivity index (χ2n) is 16.5. The maximum absolute atomic E-state index is 13.2. The number of methoxy groups -OCH3 is 1. The number of hydrogen-bond donors (Lipinski definition) is 2. The van der Waals surface area contributed by atoms with Gasteiger partial charge in [0.1, 0.15) is 56.2 Å². The third kappa shape index (κ3) is 28.6. The van der Waals surface area contributed by atoms with Crippen LogP contribution < -0.4 is 9.47 Å². The quantitative estimate of drug-likeness (QED) is 0.0204. The SMILES string of the molecule is C=C/C=C(\C=C)C(=O)c1ccc(OCC(=O)OC(COCC(COC(=O)COCCOCCC)OC(=O)COc2ccc(C(=O)c3ccccc3)cc2)COC(CO)COCC(O)COC(=O)COCCOCCOC)cc1. The van der Waals surface area contributed by atoms with Gasteiger partial charge in [-0.2, -0.15) is 0 Å². The van der Waals surface area contributed by atoms with Crippen LogP contribution in [-0.2, 0) is 76.0 Å². The highest BCUT2D eigenvalue weighted by Gasteiger charge is 2.24. The maximum Gasteiger partial charge on any atom is 0.344 e. The highest BCUT2D eigenvalue weighted by atomic mass is 16.6. The van der Waals surface area contributed by atoms with Gasteiger partial charge in [0.25, 0.3) is 0 Å². The smallest absolute Gasteiger partial charge is 0.344 e. The molecule has 0 bridgehead atoms. The Bertz CT molecular complexity index is 2250. The summed E-state index contributed by atoms with van der Waals surface area (Å²) in [5, 5.41) is 20.4. The van der Waals surface area contributed by atoms with Crippen molar-refractivity contribution in [2.24, 2.45) is 0 Å². The van der Waals surface area contributed by atoms with Crippen molar-refractivity contribution in [2.45, 2.75) is 37.8 Å². The van der Waals surface area contributed by atoms with E-state index in [1.54, 1.807) is 49.6 Å². The lowest BCUT2D eigenvalue weighted by atomic mass is 10.0. The zero-order valence-corrected chi connectivity index (χ0v) is 44.2. The van der Waals surface area contributed by atoms with Crippen LogP contribution in [0.15, 0.2) is 116 Å². The van der Waals surface area contributed by atoms with Gasteiger partial charge >= 0.3 is 23.9 Å². The Hall–Kier alpha value is -6.70. The van der Waals surface area contributed by atoms with Crippen LogP contribution in [0.4, 0.5) is 0 Å². The monoisotopic (exact) mass is 1100 g/mol. The molecule has 0 saturated carbocycles. The molecular formula is C56H72O22. The van der Waals surface area contributed by atoms with Gasteiger partial charge in [0.05, 0.1) is 79.3 Å². The van der Waals surface area contributed by atoms with E-state index in [2.05, 4.69) is 13.2 Å². The Labute approximate surface area is 453 Å². The van der Waals surface area contributed by atoms with Crippen molar-refractivity contribution in [2.75, 3.05) is 133 Å². The van der Waals surface area contributed by atoms with E-state index in [1.165, 1.54) is 54.6 Å². The molecular weight excluding hydrogens is 1020 g/mol. The van der Waals surface area contributed by atoms with Gasteiger partial charge in [0.2, 0.25) is 0 Å². The Kier molecular flexibility index (Phi) is 34.1. The molecule has 0 spiro atoms. The third-order valence-electron chi connectivity index (χ3n) is 10.1. The number of ether oxygens (including phenoxy) is 14. The van der Waals surface area contributed by atoms with E-state index >= 15 is 0 Å². The van der Waals surface area contributed by atoms with Gasteiger partial charge in [0, 0.05) is 36.0 Å². The van der Waals surface area contributed by atoms with Gasteiger partial charge in [-0.05, 0) is 55.0 Å². The van der Waals surface area contributed by atoms with Gasteiger partial charge in [-0.1, -0.05) is 68.6 Å². The predicted molar refractivity (Wildman–Crippen MR) is 278 cm³/mol. The third-order valence-corrected chi connectivity index (χ3v) is 10.1. The molecule has 0 saturated heterocycles. The van der Waals surface area contributed by atoms with Crippen molar-refractivity contribution in [3.8, 4) is 11.5 Å². The van der Waals surface area contributed by atoms with Crippen molar-refractivity contribution in [1.82, 2.24) is 0 Å². The van der Waals surface area contributed by atoms with Gasteiger partial charge in [0.15, 0.2) is 30.9 Å². The lowest BCUT2D eigenvalue weighted by Gasteiger charge is -2.23. The van der Waals surface area contributed by atoms with E-state index < -0.39 is 101 Å². The number of ketones is 2. The van der Waals surface area contributed by atoms with Gasteiger partial charge < -0.3 is 76.5 Å². The minimum Gasteiger partial charge on any atom is -0.482 e. The van der Waals surface area contributed by atoms with Crippen LogP contribution in [0.1, 0.15) is 39.6 Å². The maximum atomic E-state index is 13.2. The largest absolute Gasteiger partial charge is 0.482 e. The molecule has 428 valence electrons. The number of Topliss-reactive ketones (excluding diaryl/α,β-unsaturated/α-hetero) is 1. The molecule has 0 aromatic heterocycles. The molecule has 0 aliphatic heterocycles. The summed E-state index contributed by atoms with van der Waals surface area (Å²) in [6, 6.07) is 20.8. The van der Waals surface area contributed by atoms with Gasteiger partial charge in [-0.15, -0.1) is 0 Å². The van der Waals surface area contributed by atoms with Crippen molar-refractivity contribution >= 4 is 35.4 Å². The van der Waals surface area contributed by atoms with Crippen molar-refractivity contribution in [3.05, 3.63) is 133 Å². The molecule has 2 N–H and O–H groups in total. The first-order valence-electron chi connectivity index (χ1n) is 25.0. The molecule has 4 atom stereocenters. The molecule has 22 nitrogen and oxygen atoms in total. The number of esters is 4. The Morgan fingerprint density at radius 3 is 1.58 bits per heavy atom. The molecule has 3 aromatic carbocycles. The van der Waals surface area contributed by atoms with E-state index in [0.717, 1.165) is 6.42 Å². The number of allylic oxidation sites excluding steroid dienone is 4. The molecule has 0 aliphatic rings. The second-order valence-corrected chi connectivity index (χ2v) is 16.5. The average Bonchev–Trinajstić information content (AvgIpc) is 3.45. The fourth-order valence-corrected chi connectivity index (χ4v) is 6.26. The summed E-state index contributed by atoms with van der Waals surface area (Å²) in [5.41, 5.74) is 1.57. The van der Waals surface area contributed by atoms with Crippen LogP contribution >= 0.6 is 0 Å². The first kappa shape index (κ1) is 65.6.